The highest BCUT2D eigenvalue weighted by Crippen LogP contribution is 2.63. The zero-order valence-electron chi connectivity index (χ0n) is 25.7. The normalized spacial score (nSPS) is 14.5. The molecule has 216 valence electrons. The molecule has 47 heavy (non-hydrogen) atoms. The number of nitrogens with zero attached hydrogens (tertiary/aromatic N) is 1. The molecule has 1 nitrogen and oxygen atoms in total. The fraction of sp³-hybridized carbons (Fsp3) is 0.0870. The van der Waals surface area contributed by atoms with Crippen LogP contribution in [0.1, 0.15) is 44.5 Å². The highest BCUT2D eigenvalue weighted by molar-refractivity contribution is 6.15. The van der Waals surface area contributed by atoms with Crippen molar-refractivity contribution < 1.29 is 0 Å². The van der Waals surface area contributed by atoms with Gasteiger partial charge >= 0.3 is 0 Å². The summed E-state index contributed by atoms with van der Waals surface area (Å²) in [5.74, 6) is 0. The van der Waals surface area contributed by atoms with Crippen molar-refractivity contribution in [3.05, 3.63) is 160 Å². The lowest BCUT2D eigenvalue weighted by molar-refractivity contribution is 1.18. The molecule has 13 rings (SSSR count). The van der Waals surface area contributed by atoms with Crippen molar-refractivity contribution in [2.45, 2.75) is 25.7 Å². The minimum absolute atomic E-state index is 0.999. The average molecular weight is 594 g/mol. The Morgan fingerprint density at radius 1 is 0.362 bits per heavy atom. The van der Waals surface area contributed by atoms with Gasteiger partial charge in [-0.05, 0) is 162 Å². The van der Waals surface area contributed by atoms with Crippen LogP contribution < -0.4 is 0 Å². The van der Waals surface area contributed by atoms with Gasteiger partial charge in [0.15, 0.2) is 0 Å². The third-order valence-corrected chi connectivity index (χ3v) is 12.2. The second kappa shape index (κ2) is 7.82. The van der Waals surface area contributed by atoms with Gasteiger partial charge in [0.2, 0.25) is 0 Å². The summed E-state index contributed by atoms with van der Waals surface area (Å²) in [4.78, 5) is 0. The van der Waals surface area contributed by atoms with Gasteiger partial charge in [0.1, 0.15) is 0 Å². The van der Waals surface area contributed by atoms with E-state index in [2.05, 4.69) is 120 Å². The first kappa shape index (κ1) is 23.6. The van der Waals surface area contributed by atoms with Crippen LogP contribution in [0, 0.1) is 0 Å². The number of hydrogen-bond donors (Lipinski definition) is 0. The Kier molecular flexibility index (Phi) is 3.94. The number of fused-ring (bicyclic) bond motifs is 3. The van der Waals surface area contributed by atoms with Crippen molar-refractivity contribution in [1.82, 2.24) is 4.57 Å². The quantitative estimate of drug-likeness (QED) is 0.188. The Hall–Kier alpha value is -5.66. The lowest BCUT2D eigenvalue weighted by Crippen LogP contribution is -1.98. The highest BCUT2D eigenvalue weighted by atomic mass is 15.0. The summed E-state index contributed by atoms with van der Waals surface area (Å²) in [7, 11) is 0. The van der Waals surface area contributed by atoms with Gasteiger partial charge in [-0.3, -0.25) is 0 Å². The molecule has 1 heteroatoms. The second-order valence-electron chi connectivity index (χ2n) is 14.3. The third-order valence-electron chi connectivity index (χ3n) is 12.2. The van der Waals surface area contributed by atoms with E-state index in [1.807, 2.05) is 0 Å². The van der Waals surface area contributed by atoms with Crippen molar-refractivity contribution in [3.8, 4) is 61.3 Å². The number of hydrogen-bond acceptors (Lipinski definition) is 0. The third kappa shape index (κ3) is 2.66. The van der Waals surface area contributed by atoms with Crippen LogP contribution in [0.4, 0.5) is 0 Å². The lowest BCUT2D eigenvalue weighted by Gasteiger charge is -2.23. The van der Waals surface area contributed by atoms with Gasteiger partial charge in [0.25, 0.3) is 0 Å². The summed E-state index contributed by atoms with van der Waals surface area (Å²) >= 11 is 0. The number of rotatable bonds is 2. The summed E-state index contributed by atoms with van der Waals surface area (Å²) in [6.07, 6.45) is 4.12. The van der Waals surface area contributed by atoms with Gasteiger partial charge in [0, 0.05) is 16.5 Å². The fourth-order valence-electron chi connectivity index (χ4n) is 10.4. The molecule has 5 aliphatic rings. The van der Waals surface area contributed by atoms with Crippen molar-refractivity contribution >= 4 is 21.8 Å². The zero-order chi connectivity index (χ0) is 30.1. The summed E-state index contributed by atoms with van der Waals surface area (Å²) in [6, 6.07) is 44.2. The Bertz CT molecular complexity index is 2830. The molecule has 0 unspecified atom stereocenters. The largest absolute Gasteiger partial charge is 0.309 e. The van der Waals surface area contributed by atoms with E-state index in [-0.39, 0.29) is 0 Å². The predicted octanol–water partition coefficient (Wildman–Crippen LogP) is 11.0. The van der Waals surface area contributed by atoms with E-state index in [0.29, 0.717) is 0 Å². The number of aromatic nitrogens is 1. The van der Waals surface area contributed by atoms with Gasteiger partial charge in [-0.15, -0.1) is 0 Å². The van der Waals surface area contributed by atoms with E-state index in [1.54, 1.807) is 44.5 Å². The van der Waals surface area contributed by atoms with Gasteiger partial charge in [0.05, 0.1) is 11.0 Å². The van der Waals surface area contributed by atoms with Crippen LogP contribution in [0.5, 0.6) is 0 Å². The Labute approximate surface area is 272 Å². The van der Waals surface area contributed by atoms with Gasteiger partial charge in [-0.1, -0.05) is 78.9 Å². The molecule has 0 spiro atoms. The molecule has 5 aliphatic carbocycles. The number of benzene rings is 7. The molecular formula is C46H27N. The average Bonchev–Trinajstić information content (AvgIpc) is 3.90. The van der Waals surface area contributed by atoms with Crippen LogP contribution in [0.2, 0.25) is 0 Å². The van der Waals surface area contributed by atoms with Crippen molar-refractivity contribution in [1.29, 1.82) is 0 Å². The molecule has 0 saturated heterocycles. The molecule has 1 aromatic heterocycles. The molecular weight excluding hydrogens is 567 g/mol. The molecule has 0 fully saturated rings. The van der Waals surface area contributed by atoms with E-state index in [4.69, 9.17) is 0 Å². The van der Waals surface area contributed by atoms with Crippen LogP contribution in [-0.4, -0.2) is 4.57 Å². The predicted molar refractivity (Wildman–Crippen MR) is 193 cm³/mol. The summed E-state index contributed by atoms with van der Waals surface area (Å²) in [5.41, 5.74) is 31.0. The SMILES string of the molecule is c1ccc(-n2c3ccccc3c3cc(-c4cc5c6c7c4Cc4ccc8c(c4-7)-c4c(ccc7c4-c4c(ccc(c4-6)C5)C7)C8)ccc32)cc1. The van der Waals surface area contributed by atoms with Gasteiger partial charge in [-0.25, -0.2) is 0 Å². The molecule has 0 aliphatic heterocycles. The first-order valence-electron chi connectivity index (χ1n) is 17.0. The highest BCUT2D eigenvalue weighted by Gasteiger charge is 2.42. The van der Waals surface area contributed by atoms with Crippen molar-refractivity contribution in [3.63, 3.8) is 0 Å². The van der Waals surface area contributed by atoms with E-state index in [0.717, 1.165) is 25.7 Å². The van der Waals surface area contributed by atoms with E-state index in [1.165, 1.54) is 83.1 Å². The minimum Gasteiger partial charge on any atom is -0.309 e. The summed E-state index contributed by atoms with van der Waals surface area (Å²) in [5, 5.41) is 2.63. The molecule has 1 heterocycles. The standard InChI is InChI=1S/C46H27N/c1-2-6-32(7-3-1)47-37-9-5-4-8-33(37)35-21-24(16-17-38(35)47)34-23-31-20-29-13-12-27-18-25-10-11-26-19-28-14-15-30-22-36(34)46-44(30)42(28)40(26)39(25)41(27)43(29)45(31)46/h1-17,21,23H,18-20,22H2. The van der Waals surface area contributed by atoms with Crippen LogP contribution in [0.15, 0.2) is 115 Å². The maximum absolute atomic E-state index is 2.58. The number of para-hydroxylation sites is 2. The first-order valence-corrected chi connectivity index (χ1v) is 17.0. The first-order chi connectivity index (χ1) is 23.3. The Morgan fingerprint density at radius 2 is 0.872 bits per heavy atom. The topological polar surface area (TPSA) is 4.93 Å². The maximum atomic E-state index is 2.58. The van der Waals surface area contributed by atoms with Crippen LogP contribution in [0.3, 0.4) is 0 Å². The fourth-order valence-corrected chi connectivity index (χ4v) is 10.4. The van der Waals surface area contributed by atoms with Crippen LogP contribution in [-0.2, 0) is 25.7 Å². The van der Waals surface area contributed by atoms with Crippen molar-refractivity contribution in [2.24, 2.45) is 0 Å². The summed E-state index contributed by atoms with van der Waals surface area (Å²) < 4.78 is 2.42. The van der Waals surface area contributed by atoms with Gasteiger partial charge in [-0.2, -0.15) is 0 Å². The molecule has 0 amide bonds. The van der Waals surface area contributed by atoms with Crippen LogP contribution >= 0.6 is 0 Å². The molecule has 8 aromatic rings. The zero-order valence-corrected chi connectivity index (χ0v) is 25.7. The molecule has 0 atom stereocenters. The maximum Gasteiger partial charge on any atom is 0.0541 e. The minimum atomic E-state index is 0.999. The molecule has 0 N–H and O–H groups in total. The Morgan fingerprint density at radius 3 is 1.53 bits per heavy atom. The van der Waals surface area contributed by atoms with E-state index >= 15 is 0 Å². The molecule has 0 radical (unpaired) electrons. The molecule has 0 saturated carbocycles. The Balaban J connectivity index is 1.14. The monoisotopic (exact) mass is 593 g/mol. The lowest BCUT2D eigenvalue weighted by atomic mass is 9.80. The van der Waals surface area contributed by atoms with E-state index < -0.39 is 0 Å². The molecule has 7 aromatic carbocycles. The summed E-state index contributed by atoms with van der Waals surface area (Å²) in [6.45, 7) is 0. The van der Waals surface area contributed by atoms with Crippen molar-refractivity contribution in [2.75, 3.05) is 0 Å². The smallest absolute Gasteiger partial charge is 0.0541 e. The second-order valence-corrected chi connectivity index (χ2v) is 14.3. The van der Waals surface area contributed by atoms with Crippen LogP contribution in [0.25, 0.3) is 83.1 Å². The molecule has 0 bridgehead atoms. The van der Waals surface area contributed by atoms with E-state index in [9.17, 15) is 0 Å². The van der Waals surface area contributed by atoms with Gasteiger partial charge < -0.3 is 4.57 Å².